The number of benzene rings is 1. The minimum Gasteiger partial charge on any atom is -0.325 e. The van der Waals surface area contributed by atoms with Gasteiger partial charge in [-0.25, -0.2) is 4.39 Å². The maximum atomic E-state index is 12.7. The first-order valence-electron chi connectivity index (χ1n) is 6.23. The van der Waals surface area contributed by atoms with Crippen molar-refractivity contribution in [2.24, 2.45) is 11.3 Å². The van der Waals surface area contributed by atoms with Gasteiger partial charge in [-0.2, -0.15) is 0 Å². The molecule has 1 N–H and O–H groups in total. The van der Waals surface area contributed by atoms with Crippen LogP contribution in [0.1, 0.15) is 25.7 Å². The number of hydrogen-bond donors (Lipinski definition) is 1. The molecule has 0 saturated heterocycles. The summed E-state index contributed by atoms with van der Waals surface area (Å²) in [6.45, 7) is 0. The molecule has 0 radical (unpaired) electrons. The minimum absolute atomic E-state index is 0.0992. The third-order valence-corrected chi connectivity index (χ3v) is 3.71. The summed E-state index contributed by atoms with van der Waals surface area (Å²) in [5.41, 5.74) is -0.244. The summed E-state index contributed by atoms with van der Waals surface area (Å²) in [5, 5.41) is 2.71. The molecule has 2 aliphatic rings. The zero-order chi connectivity index (χ0) is 12.8. The van der Waals surface area contributed by atoms with Crippen LogP contribution in [0.5, 0.6) is 0 Å². The van der Waals surface area contributed by atoms with Crippen molar-refractivity contribution in [2.75, 3.05) is 5.32 Å². The van der Waals surface area contributed by atoms with Gasteiger partial charge < -0.3 is 5.32 Å². The van der Waals surface area contributed by atoms with Gasteiger partial charge in [-0.15, -0.1) is 0 Å². The van der Waals surface area contributed by atoms with Gasteiger partial charge in [-0.1, -0.05) is 0 Å². The van der Waals surface area contributed by atoms with Crippen molar-refractivity contribution in [2.45, 2.75) is 25.7 Å². The second kappa shape index (κ2) is 3.90. The van der Waals surface area contributed by atoms with Crippen LogP contribution in [0, 0.1) is 17.2 Å². The lowest BCUT2D eigenvalue weighted by molar-refractivity contribution is -0.133. The number of ketones is 1. The molecule has 0 spiro atoms. The van der Waals surface area contributed by atoms with Crippen molar-refractivity contribution in [3.8, 4) is 0 Å². The van der Waals surface area contributed by atoms with Gasteiger partial charge in [0.2, 0.25) is 5.91 Å². The average Bonchev–Trinajstić information content (AvgIpc) is 3.25. The molecule has 1 aromatic rings. The Morgan fingerprint density at radius 3 is 2.28 bits per heavy atom. The number of halogens is 1. The first kappa shape index (κ1) is 11.4. The van der Waals surface area contributed by atoms with Gasteiger partial charge in [-0.3, -0.25) is 9.59 Å². The molecule has 0 unspecified atom stereocenters. The fraction of sp³-hybridized carbons (Fsp3) is 0.429. The Labute approximate surface area is 104 Å². The van der Waals surface area contributed by atoms with Gasteiger partial charge in [0.25, 0.3) is 0 Å². The Morgan fingerprint density at radius 1 is 1.17 bits per heavy atom. The van der Waals surface area contributed by atoms with Gasteiger partial charge in [-0.05, 0) is 49.9 Å². The Balaban J connectivity index is 1.71. The molecule has 0 aliphatic heterocycles. The average molecular weight is 247 g/mol. The molecule has 4 heteroatoms. The van der Waals surface area contributed by atoms with Crippen molar-refractivity contribution < 1.29 is 14.0 Å². The third kappa shape index (κ3) is 1.92. The number of anilines is 1. The highest BCUT2D eigenvalue weighted by Gasteiger charge is 2.59. The lowest BCUT2D eigenvalue weighted by Crippen LogP contribution is -2.32. The van der Waals surface area contributed by atoms with Crippen molar-refractivity contribution >= 4 is 17.4 Å². The van der Waals surface area contributed by atoms with Crippen LogP contribution in [0.25, 0.3) is 0 Å². The highest BCUT2D eigenvalue weighted by molar-refractivity contribution is 6.14. The lowest BCUT2D eigenvalue weighted by Gasteiger charge is -2.13. The maximum Gasteiger partial charge on any atom is 0.238 e. The van der Waals surface area contributed by atoms with Gasteiger partial charge in [0.15, 0.2) is 5.78 Å². The molecule has 1 amide bonds. The van der Waals surface area contributed by atoms with E-state index in [4.69, 9.17) is 0 Å². The normalized spacial score (nSPS) is 20.3. The Morgan fingerprint density at radius 2 is 1.78 bits per heavy atom. The molecule has 0 aromatic heterocycles. The summed E-state index contributed by atoms with van der Waals surface area (Å²) in [4.78, 5) is 24.2. The number of rotatable bonds is 4. The van der Waals surface area contributed by atoms with E-state index < -0.39 is 5.41 Å². The molecule has 2 saturated carbocycles. The van der Waals surface area contributed by atoms with Crippen molar-refractivity contribution in [3.05, 3.63) is 30.1 Å². The summed E-state index contributed by atoms with van der Waals surface area (Å²) in [6.07, 6.45) is 3.14. The standard InChI is InChI=1S/C14H14FNO2/c15-10-3-5-11(6-4-10)16-13(18)14(7-8-14)12(17)9-1-2-9/h3-6,9H,1-2,7-8H2,(H,16,18). The first-order valence-corrected chi connectivity index (χ1v) is 6.23. The predicted octanol–water partition coefficient (Wildman–Crippen LogP) is 2.52. The molecular formula is C14H14FNO2. The first-order chi connectivity index (χ1) is 8.62. The number of nitrogens with one attached hydrogen (secondary N) is 1. The largest absolute Gasteiger partial charge is 0.325 e. The van der Waals surface area contributed by atoms with E-state index in [9.17, 15) is 14.0 Å². The maximum absolute atomic E-state index is 12.7. The van der Waals surface area contributed by atoms with Gasteiger partial charge in [0.1, 0.15) is 11.2 Å². The van der Waals surface area contributed by atoms with Crippen molar-refractivity contribution in [1.29, 1.82) is 0 Å². The molecule has 1 aromatic carbocycles. The third-order valence-electron chi connectivity index (χ3n) is 3.71. The number of Topliss-reactive ketones (excluding diaryl/α,β-unsaturated/α-hetero) is 1. The second-order valence-electron chi connectivity index (χ2n) is 5.18. The summed E-state index contributed by atoms with van der Waals surface area (Å²) in [5.74, 6) is -0.372. The van der Waals surface area contributed by atoms with E-state index in [0.29, 0.717) is 18.5 Å². The summed E-state index contributed by atoms with van der Waals surface area (Å²) >= 11 is 0. The Kier molecular flexibility index (Phi) is 2.47. The summed E-state index contributed by atoms with van der Waals surface area (Å²) < 4.78 is 12.7. The van der Waals surface area contributed by atoms with Crippen LogP contribution >= 0.6 is 0 Å². The van der Waals surface area contributed by atoms with E-state index in [2.05, 4.69) is 5.32 Å². The molecule has 18 heavy (non-hydrogen) atoms. The van der Waals surface area contributed by atoms with Crippen LogP contribution in [-0.2, 0) is 9.59 Å². The molecule has 3 rings (SSSR count). The number of carbonyl (C=O) groups excluding carboxylic acids is 2. The topological polar surface area (TPSA) is 46.2 Å². The van der Waals surface area contributed by atoms with E-state index >= 15 is 0 Å². The van der Waals surface area contributed by atoms with Gasteiger partial charge in [0, 0.05) is 11.6 Å². The van der Waals surface area contributed by atoms with Gasteiger partial charge >= 0.3 is 0 Å². The SMILES string of the molecule is O=C(Nc1ccc(F)cc1)C1(C(=O)C2CC2)CC1. The molecule has 94 valence electrons. The molecule has 0 heterocycles. The highest BCUT2D eigenvalue weighted by atomic mass is 19.1. The molecular weight excluding hydrogens is 233 g/mol. The molecule has 2 fully saturated rings. The van der Waals surface area contributed by atoms with E-state index in [-0.39, 0.29) is 23.4 Å². The van der Waals surface area contributed by atoms with E-state index in [1.807, 2.05) is 0 Å². The smallest absolute Gasteiger partial charge is 0.238 e. The second-order valence-corrected chi connectivity index (χ2v) is 5.18. The fourth-order valence-electron chi connectivity index (χ4n) is 2.23. The molecule has 3 nitrogen and oxygen atoms in total. The van der Waals surface area contributed by atoms with E-state index in [0.717, 1.165) is 12.8 Å². The number of carbonyl (C=O) groups is 2. The van der Waals surface area contributed by atoms with Crippen LogP contribution in [0.15, 0.2) is 24.3 Å². The minimum atomic E-state index is -0.782. The molecule has 0 bridgehead atoms. The Bertz CT molecular complexity index is 501. The Hall–Kier alpha value is -1.71. The molecule has 2 aliphatic carbocycles. The highest BCUT2D eigenvalue weighted by Crippen LogP contribution is 2.52. The van der Waals surface area contributed by atoms with Crippen LogP contribution in [-0.4, -0.2) is 11.7 Å². The predicted molar refractivity (Wildman–Crippen MR) is 64.4 cm³/mol. The van der Waals surface area contributed by atoms with Crippen LogP contribution < -0.4 is 5.32 Å². The van der Waals surface area contributed by atoms with Crippen LogP contribution in [0.2, 0.25) is 0 Å². The van der Waals surface area contributed by atoms with E-state index in [1.54, 1.807) is 0 Å². The van der Waals surface area contributed by atoms with Crippen LogP contribution in [0.3, 0.4) is 0 Å². The lowest BCUT2D eigenvalue weighted by atomic mass is 9.96. The van der Waals surface area contributed by atoms with Gasteiger partial charge in [0.05, 0.1) is 0 Å². The zero-order valence-corrected chi connectivity index (χ0v) is 9.91. The zero-order valence-electron chi connectivity index (χ0n) is 9.91. The number of hydrogen-bond acceptors (Lipinski definition) is 2. The number of amides is 1. The van der Waals surface area contributed by atoms with Crippen molar-refractivity contribution in [1.82, 2.24) is 0 Å². The quantitative estimate of drug-likeness (QED) is 0.831. The molecule has 0 atom stereocenters. The monoisotopic (exact) mass is 247 g/mol. The van der Waals surface area contributed by atoms with Crippen LogP contribution in [0.4, 0.5) is 10.1 Å². The summed E-state index contributed by atoms with van der Waals surface area (Å²) in [6, 6.07) is 5.59. The fourth-order valence-corrected chi connectivity index (χ4v) is 2.23. The summed E-state index contributed by atoms with van der Waals surface area (Å²) in [7, 11) is 0. The van der Waals surface area contributed by atoms with Crippen molar-refractivity contribution in [3.63, 3.8) is 0 Å². The van der Waals surface area contributed by atoms with E-state index in [1.165, 1.54) is 24.3 Å².